The van der Waals surface area contributed by atoms with Crippen LogP contribution in [0.1, 0.15) is 25.3 Å². The summed E-state index contributed by atoms with van der Waals surface area (Å²) in [4.78, 5) is 16.2. The van der Waals surface area contributed by atoms with Crippen molar-refractivity contribution in [1.29, 1.82) is 0 Å². The van der Waals surface area contributed by atoms with Crippen LogP contribution in [0.25, 0.3) is 0 Å². The largest absolute Gasteiger partial charge is 0.484 e. The first kappa shape index (κ1) is 18.2. The zero-order valence-corrected chi connectivity index (χ0v) is 15.3. The van der Waals surface area contributed by atoms with Crippen LogP contribution in [0, 0.1) is 5.82 Å². The molecule has 4 nitrogen and oxygen atoms in total. The quantitative estimate of drug-likeness (QED) is 0.819. The highest BCUT2D eigenvalue weighted by atomic mass is 19.1. The Morgan fingerprint density at radius 1 is 1.08 bits per heavy atom. The topological polar surface area (TPSA) is 32.8 Å². The van der Waals surface area contributed by atoms with Gasteiger partial charge in [-0.05, 0) is 35.7 Å². The summed E-state index contributed by atoms with van der Waals surface area (Å²) in [5.74, 6) is 0.879. The van der Waals surface area contributed by atoms with E-state index in [1.807, 2.05) is 29.2 Å². The molecule has 0 bridgehead atoms. The SMILES string of the molecule is CC(C)c1cccc(OCC(=O)N2CCN(c3ccccc3F)CC2)c1. The van der Waals surface area contributed by atoms with Crippen molar-refractivity contribution in [3.8, 4) is 5.75 Å². The van der Waals surface area contributed by atoms with Gasteiger partial charge in [-0.25, -0.2) is 4.39 Å². The number of carbonyl (C=O) groups excluding carboxylic acids is 1. The van der Waals surface area contributed by atoms with Crippen molar-refractivity contribution in [2.75, 3.05) is 37.7 Å². The minimum absolute atomic E-state index is 0.0290. The molecular formula is C21H25FN2O2. The second-order valence-corrected chi connectivity index (χ2v) is 6.84. The molecule has 2 aromatic carbocycles. The Bertz CT molecular complexity index is 755. The number of anilines is 1. The summed E-state index contributed by atoms with van der Waals surface area (Å²) in [5, 5.41) is 0. The minimum Gasteiger partial charge on any atom is -0.484 e. The van der Waals surface area contributed by atoms with E-state index in [2.05, 4.69) is 19.9 Å². The smallest absolute Gasteiger partial charge is 0.260 e. The number of hydrogen-bond acceptors (Lipinski definition) is 3. The molecule has 0 N–H and O–H groups in total. The Kier molecular flexibility index (Phi) is 5.76. The molecule has 138 valence electrons. The van der Waals surface area contributed by atoms with Gasteiger partial charge in [0, 0.05) is 26.2 Å². The normalized spacial score (nSPS) is 14.6. The number of hydrogen-bond donors (Lipinski definition) is 0. The average Bonchev–Trinajstić information content (AvgIpc) is 2.67. The molecule has 0 unspecified atom stereocenters. The fourth-order valence-corrected chi connectivity index (χ4v) is 3.10. The molecule has 0 radical (unpaired) electrons. The van der Waals surface area contributed by atoms with Crippen molar-refractivity contribution in [3.63, 3.8) is 0 Å². The first-order valence-corrected chi connectivity index (χ1v) is 9.04. The van der Waals surface area contributed by atoms with Crippen LogP contribution >= 0.6 is 0 Å². The van der Waals surface area contributed by atoms with E-state index < -0.39 is 0 Å². The van der Waals surface area contributed by atoms with Crippen LogP contribution in [0.4, 0.5) is 10.1 Å². The maximum absolute atomic E-state index is 13.9. The molecule has 0 aromatic heterocycles. The maximum Gasteiger partial charge on any atom is 0.260 e. The van der Waals surface area contributed by atoms with Gasteiger partial charge in [-0.15, -0.1) is 0 Å². The number of rotatable bonds is 5. The van der Waals surface area contributed by atoms with E-state index in [1.165, 1.54) is 11.6 Å². The molecule has 0 spiro atoms. The highest BCUT2D eigenvalue weighted by Crippen LogP contribution is 2.21. The molecule has 1 aliphatic rings. The highest BCUT2D eigenvalue weighted by Gasteiger charge is 2.22. The van der Waals surface area contributed by atoms with Crippen LogP contribution in [-0.4, -0.2) is 43.6 Å². The van der Waals surface area contributed by atoms with E-state index in [-0.39, 0.29) is 18.3 Å². The van der Waals surface area contributed by atoms with Gasteiger partial charge in [0.2, 0.25) is 0 Å². The Labute approximate surface area is 154 Å². The molecule has 5 heteroatoms. The standard InChI is InChI=1S/C21H25FN2O2/c1-16(2)17-6-5-7-18(14-17)26-15-21(25)24-12-10-23(11-13-24)20-9-4-3-8-19(20)22/h3-9,14,16H,10-13,15H2,1-2H3. The van der Waals surface area contributed by atoms with Gasteiger partial charge in [0.1, 0.15) is 11.6 Å². The number of nitrogens with zero attached hydrogens (tertiary/aromatic N) is 2. The molecule has 2 aromatic rings. The molecule has 1 fully saturated rings. The maximum atomic E-state index is 13.9. The van der Waals surface area contributed by atoms with E-state index in [1.54, 1.807) is 17.0 Å². The van der Waals surface area contributed by atoms with E-state index >= 15 is 0 Å². The number of carbonyl (C=O) groups is 1. The number of halogens is 1. The third-order valence-electron chi connectivity index (χ3n) is 4.71. The lowest BCUT2D eigenvalue weighted by atomic mass is 10.0. The molecule has 3 rings (SSSR count). The van der Waals surface area contributed by atoms with E-state index in [0.29, 0.717) is 37.8 Å². The molecule has 26 heavy (non-hydrogen) atoms. The van der Waals surface area contributed by atoms with Crippen LogP contribution in [0.5, 0.6) is 5.75 Å². The number of ether oxygens (including phenoxy) is 1. The summed E-state index contributed by atoms with van der Waals surface area (Å²) in [7, 11) is 0. The third kappa shape index (κ3) is 4.34. The first-order chi connectivity index (χ1) is 12.5. The predicted molar refractivity (Wildman–Crippen MR) is 101 cm³/mol. The van der Waals surface area contributed by atoms with Gasteiger partial charge >= 0.3 is 0 Å². The predicted octanol–water partition coefficient (Wildman–Crippen LogP) is 3.68. The summed E-state index contributed by atoms with van der Waals surface area (Å²) in [6, 6.07) is 14.6. The van der Waals surface area contributed by atoms with E-state index in [4.69, 9.17) is 4.74 Å². The van der Waals surface area contributed by atoms with Gasteiger partial charge in [-0.1, -0.05) is 38.1 Å². The lowest BCUT2D eigenvalue weighted by Crippen LogP contribution is -2.50. The second kappa shape index (κ2) is 8.21. The molecule has 1 amide bonds. The van der Waals surface area contributed by atoms with Crippen molar-refractivity contribution >= 4 is 11.6 Å². The van der Waals surface area contributed by atoms with Gasteiger partial charge in [-0.2, -0.15) is 0 Å². The molecular weight excluding hydrogens is 331 g/mol. The Morgan fingerprint density at radius 3 is 2.50 bits per heavy atom. The summed E-state index contributed by atoms with van der Waals surface area (Å²) in [6.45, 7) is 6.66. The van der Waals surface area contributed by atoms with Gasteiger partial charge < -0.3 is 14.5 Å². The molecule has 0 atom stereocenters. The van der Waals surface area contributed by atoms with Crippen molar-refractivity contribution < 1.29 is 13.9 Å². The lowest BCUT2D eigenvalue weighted by Gasteiger charge is -2.36. The average molecular weight is 356 g/mol. The second-order valence-electron chi connectivity index (χ2n) is 6.84. The zero-order valence-electron chi connectivity index (χ0n) is 15.3. The number of para-hydroxylation sites is 1. The molecule has 1 aliphatic heterocycles. The first-order valence-electron chi connectivity index (χ1n) is 9.04. The van der Waals surface area contributed by atoms with Crippen LogP contribution in [-0.2, 0) is 4.79 Å². The Balaban J connectivity index is 1.51. The Morgan fingerprint density at radius 2 is 1.81 bits per heavy atom. The molecule has 0 saturated carbocycles. The monoisotopic (exact) mass is 356 g/mol. The summed E-state index contributed by atoms with van der Waals surface area (Å²) in [5.41, 5.74) is 1.79. The van der Waals surface area contributed by atoms with Gasteiger partial charge in [0.15, 0.2) is 6.61 Å². The minimum atomic E-state index is -0.222. The Hall–Kier alpha value is -2.56. The fourth-order valence-electron chi connectivity index (χ4n) is 3.10. The van der Waals surface area contributed by atoms with Crippen LogP contribution in [0.15, 0.2) is 48.5 Å². The van der Waals surface area contributed by atoms with Gasteiger partial charge in [0.25, 0.3) is 5.91 Å². The number of benzene rings is 2. The summed E-state index contributed by atoms with van der Waals surface area (Å²) >= 11 is 0. The number of amides is 1. The summed E-state index contributed by atoms with van der Waals surface area (Å²) < 4.78 is 19.6. The van der Waals surface area contributed by atoms with Crippen LogP contribution in [0.2, 0.25) is 0 Å². The van der Waals surface area contributed by atoms with Crippen molar-refractivity contribution in [3.05, 3.63) is 59.9 Å². The fraction of sp³-hybridized carbons (Fsp3) is 0.381. The lowest BCUT2D eigenvalue weighted by molar-refractivity contribution is -0.133. The van der Waals surface area contributed by atoms with Crippen molar-refractivity contribution in [1.82, 2.24) is 4.90 Å². The van der Waals surface area contributed by atoms with Gasteiger partial charge in [-0.3, -0.25) is 4.79 Å². The van der Waals surface area contributed by atoms with Crippen molar-refractivity contribution in [2.24, 2.45) is 0 Å². The molecule has 1 saturated heterocycles. The molecule has 1 heterocycles. The van der Waals surface area contributed by atoms with Crippen LogP contribution in [0.3, 0.4) is 0 Å². The number of piperazine rings is 1. The zero-order chi connectivity index (χ0) is 18.5. The van der Waals surface area contributed by atoms with Crippen molar-refractivity contribution in [2.45, 2.75) is 19.8 Å². The third-order valence-corrected chi connectivity index (χ3v) is 4.71. The van der Waals surface area contributed by atoms with Crippen LogP contribution < -0.4 is 9.64 Å². The van der Waals surface area contributed by atoms with Gasteiger partial charge in [0.05, 0.1) is 5.69 Å². The van der Waals surface area contributed by atoms with E-state index in [0.717, 1.165) is 5.75 Å². The summed E-state index contributed by atoms with van der Waals surface area (Å²) in [6.07, 6.45) is 0. The molecule has 0 aliphatic carbocycles. The highest BCUT2D eigenvalue weighted by molar-refractivity contribution is 5.78. The van der Waals surface area contributed by atoms with E-state index in [9.17, 15) is 9.18 Å².